The molecule has 0 aliphatic carbocycles. The highest BCUT2D eigenvalue weighted by Crippen LogP contribution is 2.28. The lowest BCUT2D eigenvalue weighted by Gasteiger charge is -2.10. The van der Waals surface area contributed by atoms with Crippen LogP contribution in [0.1, 0.15) is 17.7 Å². The summed E-state index contributed by atoms with van der Waals surface area (Å²) in [6.07, 6.45) is -1.34. The Kier molecular flexibility index (Phi) is 6.24. The average molecular weight is 489 g/mol. The zero-order chi connectivity index (χ0) is 24.3. The fourth-order valence-corrected chi connectivity index (χ4v) is 4.22. The molecule has 12 heteroatoms. The standard InChI is InChI=1S/C22H18F3N5O3S/c23-22(24,25)19-11-12-26-21(29-19)30-34(32,33)16-8-6-15(7-9-16)28-20(31)10-5-14-13-27-18-4-2-1-3-17(14)18/h1-4,6-9,11-13,27H,5,10H2,(H,28,31)(H,26,29,30). The van der Waals surface area contributed by atoms with Crippen LogP contribution in [0.4, 0.5) is 24.8 Å². The fourth-order valence-electron chi connectivity index (χ4n) is 3.27. The van der Waals surface area contributed by atoms with E-state index in [9.17, 15) is 26.4 Å². The van der Waals surface area contributed by atoms with E-state index in [0.29, 0.717) is 18.2 Å². The topological polar surface area (TPSA) is 117 Å². The highest BCUT2D eigenvalue weighted by Gasteiger charge is 2.33. The molecule has 0 unspecified atom stereocenters. The van der Waals surface area contributed by atoms with Crippen LogP contribution < -0.4 is 10.0 Å². The third kappa shape index (κ3) is 5.34. The van der Waals surface area contributed by atoms with Crippen LogP contribution in [-0.2, 0) is 27.4 Å². The van der Waals surface area contributed by atoms with Gasteiger partial charge in [-0.3, -0.25) is 4.79 Å². The van der Waals surface area contributed by atoms with Crippen LogP contribution in [0.2, 0.25) is 0 Å². The van der Waals surface area contributed by atoms with Crippen LogP contribution in [0.5, 0.6) is 0 Å². The smallest absolute Gasteiger partial charge is 0.361 e. The number of amides is 1. The molecule has 2 heterocycles. The van der Waals surface area contributed by atoms with Gasteiger partial charge in [0.25, 0.3) is 10.0 Å². The fraction of sp³-hybridized carbons (Fsp3) is 0.136. The number of para-hydroxylation sites is 1. The molecule has 2 aromatic heterocycles. The van der Waals surface area contributed by atoms with E-state index in [4.69, 9.17) is 0 Å². The summed E-state index contributed by atoms with van der Waals surface area (Å²) >= 11 is 0. The minimum absolute atomic E-state index is 0.219. The van der Waals surface area contributed by atoms with Gasteiger partial charge in [0.05, 0.1) is 4.90 Å². The SMILES string of the molecule is O=C(CCc1c[nH]c2ccccc12)Nc1ccc(S(=O)(=O)Nc2nccc(C(F)(F)F)n2)cc1. The van der Waals surface area contributed by atoms with Crippen LogP contribution in [-0.4, -0.2) is 29.3 Å². The maximum Gasteiger partial charge on any atom is 0.433 e. The molecule has 0 spiro atoms. The molecule has 0 saturated heterocycles. The Hall–Kier alpha value is -3.93. The van der Waals surface area contributed by atoms with Gasteiger partial charge in [-0.1, -0.05) is 18.2 Å². The Morgan fingerprint density at radius 2 is 1.76 bits per heavy atom. The molecule has 176 valence electrons. The van der Waals surface area contributed by atoms with Gasteiger partial charge in [-0.25, -0.2) is 23.1 Å². The molecule has 0 atom stereocenters. The predicted octanol–water partition coefficient (Wildman–Crippen LogP) is 4.35. The zero-order valence-corrected chi connectivity index (χ0v) is 18.2. The monoisotopic (exact) mass is 489 g/mol. The molecule has 1 amide bonds. The van der Waals surface area contributed by atoms with Crippen molar-refractivity contribution in [1.82, 2.24) is 15.0 Å². The van der Waals surface area contributed by atoms with Crippen molar-refractivity contribution in [2.45, 2.75) is 23.9 Å². The van der Waals surface area contributed by atoms with Crippen molar-refractivity contribution < 1.29 is 26.4 Å². The van der Waals surface area contributed by atoms with E-state index in [1.165, 1.54) is 24.3 Å². The second kappa shape index (κ2) is 9.14. The number of benzene rings is 2. The van der Waals surface area contributed by atoms with Gasteiger partial charge in [0.15, 0.2) is 0 Å². The number of sulfonamides is 1. The van der Waals surface area contributed by atoms with Crippen LogP contribution in [0, 0.1) is 0 Å². The molecule has 0 saturated carbocycles. The molecule has 0 bridgehead atoms. The van der Waals surface area contributed by atoms with E-state index in [1.807, 2.05) is 35.2 Å². The Morgan fingerprint density at radius 1 is 1.03 bits per heavy atom. The number of hydrogen-bond donors (Lipinski definition) is 3. The molecule has 0 aliphatic rings. The van der Waals surface area contributed by atoms with Crippen molar-refractivity contribution in [2.24, 2.45) is 0 Å². The minimum atomic E-state index is -4.74. The second-order valence-electron chi connectivity index (χ2n) is 7.30. The van der Waals surface area contributed by atoms with Gasteiger partial charge in [-0.2, -0.15) is 13.2 Å². The van der Waals surface area contributed by atoms with Gasteiger partial charge >= 0.3 is 6.18 Å². The summed E-state index contributed by atoms with van der Waals surface area (Å²) in [7, 11) is -4.24. The van der Waals surface area contributed by atoms with Gasteiger partial charge in [-0.15, -0.1) is 0 Å². The van der Waals surface area contributed by atoms with Crippen LogP contribution in [0.25, 0.3) is 10.9 Å². The molecule has 4 aromatic rings. The first-order valence-electron chi connectivity index (χ1n) is 10.00. The van der Waals surface area contributed by atoms with Crippen molar-refractivity contribution in [3.05, 3.63) is 78.2 Å². The number of rotatable bonds is 7. The molecule has 3 N–H and O–H groups in total. The summed E-state index contributed by atoms with van der Waals surface area (Å²) in [5, 5.41) is 3.73. The lowest BCUT2D eigenvalue weighted by molar-refractivity contribution is -0.141. The molecule has 4 rings (SSSR count). The van der Waals surface area contributed by atoms with Gasteiger partial charge < -0.3 is 10.3 Å². The van der Waals surface area contributed by atoms with Crippen molar-refractivity contribution in [3.8, 4) is 0 Å². The molecular formula is C22H18F3N5O3S. The maximum absolute atomic E-state index is 12.8. The lowest BCUT2D eigenvalue weighted by Crippen LogP contribution is -2.17. The maximum atomic E-state index is 12.8. The molecule has 34 heavy (non-hydrogen) atoms. The van der Waals surface area contributed by atoms with Crippen LogP contribution in [0.15, 0.2) is 71.9 Å². The predicted molar refractivity (Wildman–Crippen MR) is 120 cm³/mol. The van der Waals surface area contributed by atoms with E-state index < -0.39 is 27.8 Å². The van der Waals surface area contributed by atoms with Crippen molar-refractivity contribution in [2.75, 3.05) is 10.0 Å². The number of aromatic nitrogens is 3. The third-order valence-electron chi connectivity index (χ3n) is 4.92. The Bertz CT molecular complexity index is 1430. The quantitative estimate of drug-likeness (QED) is 0.357. The molecule has 0 aliphatic heterocycles. The molecule has 0 fully saturated rings. The summed E-state index contributed by atoms with van der Waals surface area (Å²) < 4.78 is 65.2. The zero-order valence-electron chi connectivity index (χ0n) is 17.4. The number of hydrogen-bond acceptors (Lipinski definition) is 5. The molecule has 2 aromatic carbocycles. The summed E-state index contributed by atoms with van der Waals surface area (Å²) in [4.78, 5) is 21.9. The summed E-state index contributed by atoms with van der Waals surface area (Å²) in [6, 6.07) is 13.6. The number of alkyl halides is 3. The average Bonchev–Trinajstić information content (AvgIpc) is 3.20. The summed E-state index contributed by atoms with van der Waals surface area (Å²) in [5.41, 5.74) is 1.10. The number of carbonyl (C=O) groups is 1. The first-order chi connectivity index (χ1) is 16.1. The van der Waals surface area contributed by atoms with Crippen LogP contribution in [0.3, 0.4) is 0 Å². The first kappa shape index (κ1) is 23.2. The van der Waals surface area contributed by atoms with E-state index in [-0.39, 0.29) is 17.2 Å². The molecular weight excluding hydrogens is 471 g/mol. The minimum Gasteiger partial charge on any atom is -0.361 e. The second-order valence-corrected chi connectivity index (χ2v) is 8.98. The normalized spacial score (nSPS) is 12.0. The number of anilines is 2. The van der Waals surface area contributed by atoms with Gasteiger partial charge in [0.1, 0.15) is 5.69 Å². The van der Waals surface area contributed by atoms with Gasteiger partial charge in [-0.05, 0) is 48.4 Å². The molecule has 8 nitrogen and oxygen atoms in total. The Balaban J connectivity index is 1.38. The lowest BCUT2D eigenvalue weighted by atomic mass is 10.1. The number of carbonyl (C=O) groups excluding carboxylic acids is 1. The number of fused-ring (bicyclic) bond motifs is 1. The van der Waals surface area contributed by atoms with E-state index >= 15 is 0 Å². The van der Waals surface area contributed by atoms with Crippen molar-refractivity contribution in [3.63, 3.8) is 0 Å². The number of nitrogens with zero attached hydrogens (tertiary/aromatic N) is 2. The Morgan fingerprint density at radius 3 is 2.50 bits per heavy atom. The number of H-pyrrole nitrogens is 1. The van der Waals surface area contributed by atoms with Crippen molar-refractivity contribution in [1.29, 1.82) is 0 Å². The summed E-state index contributed by atoms with van der Waals surface area (Å²) in [5.74, 6) is -0.958. The number of aromatic amines is 1. The highest BCUT2D eigenvalue weighted by atomic mass is 32.2. The largest absolute Gasteiger partial charge is 0.433 e. The van der Waals surface area contributed by atoms with Crippen LogP contribution >= 0.6 is 0 Å². The van der Waals surface area contributed by atoms with E-state index in [2.05, 4.69) is 20.3 Å². The third-order valence-corrected chi connectivity index (χ3v) is 6.26. The van der Waals surface area contributed by atoms with E-state index in [0.717, 1.165) is 22.7 Å². The Labute approximate surface area is 192 Å². The highest BCUT2D eigenvalue weighted by molar-refractivity contribution is 7.92. The summed E-state index contributed by atoms with van der Waals surface area (Å²) in [6.45, 7) is 0. The number of nitrogens with one attached hydrogen (secondary N) is 3. The number of halogens is 3. The van der Waals surface area contributed by atoms with Gasteiger partial charge in [0.2, 0.25) is 11.9 Å². The first-order valence-corrected chi connectivity index (χ1v) is 11.5. The molecule has 0 radical (unpaired) electrons. The van der Waals surface area contributed by atoms with Gasteiger partial charge in [0, 0.05) is 35.4 Å². The van der Waals surface area contributed by atoms with Crippen molar-refractivity contribution >= 4 is 38.5 Å². The van der Waals surface area contributed by atoms with E-state index in [1.54, 1.807) is 0 Å². The number of aryl methyl sites for hydroxylation is 1.